The molecule has 236 valence electrons. The van der Waals surface area contributed by atoms with E-state index in [9.17, 15) is 5.11 Å². The van der Waals surface area contributed by atoms with Crippen LogP contribution in [0.4, 0.5) is 0 Å². The average molecular weight is 652 g/mol. The molecule has 0 aliphatic carbocycles. The van der Waals surface area contributed by atoms with Crippen molar-refractivity contribution < 1.29 is 9.52 Å². The number of aryl methyl sites for hydroxylation is 1. The molecule has 1 N–H and O–H groups in total. The largest absolute Gasteiger partial charge is 0.443 e. The van der Waals surface area contributed by atoms with E-state index in [1.54, 1.807) is 18.5 Å². The number of aliphatic hydroxyl groups excluding tert-OH is 1. The lowest BCUT2D eigenvalue weighted by Crippen LogP contribution is -2.24. The quantitative estimate of drug-likeness (QED) is 0.194. The molecule has 4 heterocycles. The fourth-order valence-electron chi connectivity index (χ4n) is 5.85. The van der Waals surface area contributed by atoms with Gasteiger partial charge in [0.1, 0.15) is 17.8 Å². The molecule has 0 radical (unpaired) electrons. The molecule has 3 aromatic carbocycles. The van der Waals surface area contributed by atoms with Crippen molar-refractivity contribution in [3.8, 4) is 11.6 Å². The third kappa shape index (κ3) is 5.96. The van der Waals surface area contributed by atoms with Crippen LogP contribution in [0.25, 0.3) is 28.3 Å². The first kappa shape index (κ1) is 31.6. The van der Waals surface area contributed by atoms with Gasteiger partial charge in [-0.2, -0.15) is 10.0 Å². The number of aromatic nitrogens is 5. The van der Waals surface area contributed by atoms with Gasteiger partial charge < -0.3 is 14.1 Å². The summed E-state index contributed by atoms with van der Waals surface area (Å²) < 4.78 is 9.95. The SMILES string of the molecule is CC(C)(C)S(C)(c1ccccc1)c1ccccc1.Cc1nnc2ccc3c(cc(-c4ncco4)n3Cc3cc(Cl)cc(CO)c3)n12. The van der Waals surface area contributed by atoms with Crippen molar-refractivity contribution in [3.63, 3.8) is 0 Å². The molecule has 0 aliphatic heterocycles. The summed E-state index contributed by atoms with van der Waals surface area (Å²) in [6.07, 6.45) is 5.61. The van der Waals surface area contributed by atoms with Gasteiger partial charge in [0.05, 0.1) is 23.8 Å². The summed E-state index contributed by atoms with van der Waals surface area (Å²) in [6.45, 7) is 9.45. The third-order valence-electron chi connectivity index (χ3n) is 8.44. The Bertz CT molecular complexity index is 2040. The average Bonchev–Trinajstić information content (AvgIpc) is 3.80. The zero-order chi connectivity index (χ0) is 32.5. The van der Waals surface area contributed by atoms with Crippen LogP contribution in [0.2, 0.25) is 5.02 Å². The minimum atomic E-state index is -1.01. The van der Waals surface area contributed by atoms with Crippen molar-refractivity contribution in [2.75, 3.05) is 6.26 Å². The highest BCUT2D eigenvalue weighted by molar-refractivity contribution is 8.34. The van der Waals surface area contributed by atoms with E-state index in [4.69, 9.17) is 16.0 Å². The van der Waals surface area contributed by atoms with Gasteiger partial charge in [-0.1, -0.05) is 74.8 Å². The molecule has 7 nitrogen and oxygen atoms in total. The van der Waals surface area contributed by atoms with Crippen LogP contribution in [-0.4, -0.2) is 40.3 Å². The first-order valence-electron chi connectivity index (χ1n) is 15.1. The highest BCUT2D eigenvalue weighted by Crippen LogP contribution is 2.67. The lowest BCUT2D eigenvalue weighted by molar-refractivity contribution is 0.281. The van der Waals surface area contributed by atoms with Crippen molar-refractivity contribution in [2.45, 2.75) is 55.4 Å². The van der Waals surface area contributed by atoms with E-state index in [0.717, 1.165) is 39.3 Å². The van der Waals surface area contributed by atoms with Crippen molar-refractivity contribution in [1.29, 1.82) is 0 Å². The van der Waals surface area contributed by atoms with Crippen LogP contribution in [0.3, 0.4) is 0 Å². The lowest BCUT2D eigenvalue weighted by atomic mass is 10.1. The van der Waals surface area contributed by atoms with E-state index in [2.05, 4.69) is 107 Å². The topological polar surface area (TPSA) is 81.4 Å². The molecule has 46 heavy (non-hydrogen) atoms. The van der Waals surface area contributed by atoms with E-state index >= 15 is 0 Å². The van der Waals surface area contributed by atoms with Crippen molar-refractivity contribution in [2.24, 2.45) is 0 Å². The number of halogens is 1. The molecular formula is C37H38ClN5O2S. The van der Waals surface area contributed by atoms with Gasteiger partial charge in [0, 0.05) is 11.6 Å². The second kappa shape index (κ2) is 12.8. The van der Waals surface area contributed by atoms with Crippen LogP contribution in [0.1, 0.15) is 37.7 Å². The van der Waals surface area contributed by atoms with E-state index in [1.165, 1.54) is 9.79 Å². The summed E-state index contributed by atoms with van der Waals surface area (Å²) in [5.41, 5.74) is 5.33. The molecule has 9 heteroatoms. The van der Waals surface area contributed by atoms with Gasteiger partial charge in [0.15, 0.2) is 5.65 Å². The second-order valence-electron chi connectivity index (χ2n) is 12.3. The Hall–Kier alpha value is -4.37. The van der Waals surface area contributed by atoms with Crippen LogP contribution in [0, 0.1) is 6.92 Å². The maximum Gasteiger partial charge on any atom is 0.243 e. The molecule has 0 atom stereocenters. The Morgan fingerprint density at radius 3 is 2.07 bits per heavy atom. The summed E-state index contributed by atoms with van der Waals surface area (Å²) in [6, 6.07) is 33.5. The number of aliphatic hydroxyl groups is 1. The summed E-state index contributed by atoms with van der Waals surface area (Å²) >= 11 is 6.24. The fraction of sp³-hybridized carbons (Fsp3) is 0.216. The number of rotatable bonds is 6. The molecule has 0 saturated heterocycles. The van der Waals surface area contributed by atoms with E-state index in [0.29, 0.717) is 17.5 Å². The number of nitrogens with zero attached hydrogens (tertiary/aromatic N) is 5. The zero-order valence-corrected chi connectivity index (χ0v) is 28.3. The van der Waals surface area contributed by atoms with Gasteiger partial charge in [-0.3, -0.25) is 4.40 Å². The van der Waals surface area contributed by atoms with Crippen molar-refractivity contribution >= 4 is 38.3 Å². The summed E-state index contributed by atoms with van der Waals surface area (Å²) in [5, 5.41) is 18.5. The number of oxazole rings is 1. The monoisotopic (exact) mass is 651 g/mol. The Morgan fingerprint density at radius 1 is 0.826 bits per heavy atom. The van der Waals surface area contributed by atoms with Gasteiger partial charge in [-0.25, -0.2) is 4.98 Å². The Kier molecular flexibility index (Phi) is 8.79. The zero-order valence-electron chi connectivity index (χ0n) is 26.7. The molecule has 0 amide bonds. The van der Waals surface area contributed by atoms with Gasteiger partial charge >= 0.3 is 0 Å². The third-order valence-corrected chi connectivity index (χ3v) is 13.5. The second-order valence-corrected chi connectivity index (χ2v) is 16.7. The number of hydrogen-bond donors (Lipinski definition) is 1. The number of benzene rings is 3. The summed E-state index contributed by atoms with van der Waals surface area (Å²) in [5.74, 6) is 1.33. The highest BCUT2D eigenvalue weighted by atomic mass is 35.5. The smallest absolute Gasteiger partial charge is 0.243 e. The predicted molar refractivity (Wildman–Crippen MR) is 188 cm³/mol. The molecule has 0 unspecified atom stereocenters. The minimum Gasteiger partial charge on any atom is -0.443 e. The van der Waals surface area contributed by atoms with Gasteiger partial charge in [-0.05, 0) is 93.4 Å². The molecular weight excluding hydrogens is 614 g/mol. The Labute approximate surface area is 275 Å². The van der Waals surface area contributed by atoms with E-state index in [1.807, 2.05) is 41.7 Å². The molecule has 0 spiro atoms. The molecule has 7 rings (SSSR count). The maximum atomic E-state index is 9.51. The van der Waals surface area contributed by atoms with Crippen LogP contribution in [0.15, 0.2) is 124 Å². The number of hydrogen-bond acceptors (Lipinski definition) is 5. The van der Waals surface area contributed by atoms with Gasteiger partial charge in [-0.15, -0.1) is 10.2 Å². The number of fused-ring (bicyclic) bond motifs is 3. The van der Waals surface area contributed by atoms with Crippen LogP contribution < -0.4 is 0 Å². The summed E-state index contributed by atoms with van der Waals surface area (Å²) in [4.78, 5) is 7.25. The Morgan fingerprint density at radius 2 is 1.48 bits per heavy atom. The van der Waals surface area contributed by atoms with Crippen molar-refractivity contribution in [1.82, 2.24) is 24.1 Å². The molecule has 7 aromatic rings. The first-order valence-corrected chi connectivity index (χ1v) is 17.5. The fourth-order valence-corrected chi connectivity index (χ4v) is 9.22. The Balaban J connectivity index is 0.000000179. The molecule has 0 aliphatic rings. The lowest BCUT2D eigenvalue weighted by Gasteiger charge is -2.48. The van der Waals surface area contributed by atoms with Crippen LogP contribution >= 0.6 is 21.6 Å². The van der Waals surface area contributed by atoms with Gasteiger partial charge in [0.25, 0.3) is 0 Å². The van der Waals surface area contributed by atoms with Crippen molar-refractivity contribution in [3.05, 3.63) is 131 Å². The maximum absolute atomic E-state index is 9.51. The molecule has 0 saturated carbocycles. The summed E-state index contributed by atoms with van der Waals surface area (Å²) in [7, 11) is -1.01. The minimum absolute atomic E-state index is 0.0624. The predicted octanol–water partition coefficient (Wildman–Crippen LogP) is 9.18. The standard InChI is InChI=1S/C20H16ClN5O2.C17H22S/c1-12-23-24-19-3-2-16-17(26(12)19)9-18(20-22-4-5-28-20)25(16)10-13-6-14(11-27)8-15(21)7-13;1-17(2,3)18(4,15-11-7-5-8-12-15)16-13-9-6-10-14-16/h2-9,27H,10-11H2,1H3;5-14H,1-4H3. The normalized spacial score (nSPS) is 12.3. The van der Waals surface area contributed by atoms with E-state index in [-0.39, 0.29) is 11.4 Å². The van der Waals surface area contributed by atoms with E-state index < -0.39 is 10.0 Å². The van der Waals surface area contributed by atoms with Crippen LogP contribution in [-0.2, 0) is 13.2 Å². The molecule has 0 bridgehead atoms. The molecule has 4 aromatic heterocycles. The first-order chi connectivity index (χ1) is 22.1. The van der Waals surface area contributed by atoms with Crippen LogP contribution in [0.5, 0.6) is 0 Å². The molecule has 0 fully saturated rings. The number of pyridine rings is 1. The highest BCUT2D eigenvalue weighted by Gasteiger charge is 2.35. The van der Waals surface area contributed by atoms with Gasteiger partial charge in [0.2, 0.25) is 5.89 Å².